The summed E-state index contributed by atoms with van der Waals surface area (Å²) in [5, 5.41) is 17.4. The third kappa shape index (κ3) is 4.22. The summed E-state index contributed by atoms with van der Waals surface area (Å²) in [6, 6.07) is 10.1. The van der Waals surface area contributed by atoms with E-state index in [-0.39, 0.29) is 12.1 Å². The van der Waals surface area contributed by atoms with E-state index in [4.69, 9.17) is 4.52 Å². The van der Waals surface area contributed by atoms with Gasteiger partial charge < -0.3 is 14.9 Å². The summed E-state index contributed by atoms with van der Waals surface area (Å²) in [5.74, 6) is 1.78. The lowest BCUT2D eigenvalue weighted by atomic mass is 9.76. The van der Waals surface area contributed by atoms with Gasteiger partial charge in [-0.3, -0.25) is 0 Å². The van der Waals surface area contributed by atoms with Gasteiger partial charge in [-0.05, 0) is 31.2 Å². The molecule has 5 heteroatoms. The molecule has 1 aromatic heterocycles. The van der Waals surface area contributed by atoms with Gasteiger partial charge in [-0.1, -0.05) is 54.8 Å². The molecule has 1 saturated carbocycles. The minimum atomic E-state index is -0.277. The van der Waals surface area contributed by atoms with Crippen LogP contribution in [0.4, 0.5) is 0 Å². The van der Waals surface area contributed by atoms with E-state index >= 15 is 0 Å². The van der Waals surface area contributed by atoms with Gasteiger partial charge in [0.1, 0.15) is 0 Å². The molecule has 1 aliphatic rings. The van der Waals surface area contributed by atoms with Crippen LogP contribution in [0.15, 0.2) is 34.9 Å². The van der Waals surface area contributed by atoms with Crippen molar-refractivity contribution in [3.05, 3.63) is 47.6 Å². The highest BCUT2D eigenvalue weighted by atomic mass is 16.5. The zero-order valence-corrected chi connectivity index (χ0v) is 14.4. The zero-order valence-electron chi connectivity index (χ0n) is 14.4. The van der Waals surface area contributed by atoms with Gasteiger partial charge >= 0.3 is 0 Å². The van der Waals surface area contributed by atoms with Gasteiger partial charge in [-0.2, -0.15) is 4.98 Å². The number of hydrogen-bond donors (Lipinski definition) is 2. The zero-order chi connectivity index (χ0) is 16.8. The number of aromatic nitrogens is 2. The number of aliphatic hydroxyl groups excluding tert-OH is 1. The van der Waals surface area contributed by atoms with Crippen molar-refractivity contribution in [2.45, 2.75) is 57.5 Å². The molecule has 5 nitrogen and oxygen atoms in total. The van der Waals surface area contributed by atoms with E-state index in [1.807, 2.05) is 30.3 Å². The van der Waals surface area contributed by atoms with Crippen molar-refractivity contribution in [3.8, 4) is 0 Å². The standard InChI is InChI=1S/C19H27N3O2/c1-19(14-23,16-10-6-3-7-11-16)20-13-17-21-18(24-22-17)12-15-8-4-2-5-9-15/h2,4-5,8-9,16,20,23H,3,6-7,10-14H2,1H3/t19-/m0/s1. The lowest BCUT2D eigenvalue weighted by Gasteiger charge is -2.39. The number of aliphatic hydroxyl groups is 1. The van der Waals surface area contributed by atoms with Crippen LogP contribution in [0.3, 0.4) is 0 Å². The summed E-state index contributed by atoms with van der Waals surface area (Å²) in [5.41, 5.74) is 0.878. The largest absolute Gasteiger partial charge is 0.394 e. The van der Waals surface area contributed by atoms with E-state index in [1.54, 1.807) is 0 Å². The minimum Gasteiger partial charge on any atom is -0.394 e. The Hall–Kier alpha value is -1.72. The molecule has 0 radical (unpaired) electrons. The highest BCUT2D eigenvalue weighted by Gasteiger charge is 2.34. The summed E-state index contributed by atoms with van der Waals surface area (Å²) in [6.07, 6.45) is 6.82. The number of rotatable bonds is 7. The quantitative estimate of drug-likeness (QED) is 0.817. The Bertz CT molecular complexity index is 623. The van der Waals surface area contributed by atoms with Crippen LogP contribution >= 0.6 is 0 Å². The molecule has 24 heavy (non-hydrogen) atoms. The normalized spacial score (nSPS) is 18.4. The van der Waals surface area contributed by atoms with E-state index in [2.05, 4.69) is 22.4 Å². The molecule has 0 saturated heterocycles. The van der Waals surface area contributed by atoms with E-state index in [0.29, 0.717) is 30.6 Å². The third-order valence-electron chi connectivity index (χ3n) is 5.19. The Labute approximate surface area is 143 Å². The van der Waals surface area contributed by atoms with Crippen molar-refractivity contribution in [3.63, 3.8) is 0 Å². The average molecular weight is 329 g/mol. The van der Waals surface area contributed by atoms with Gasteiger partial charge in [0.05, 0.1) is 19.6 Å². The fraction of sp³-hybridized carbons (Fsp3) is 0.579. The fourth-order valence-electron chi connectivity index (χ4n) is 3.55. The fourth-order valence-corrected chi connectivity index (χ4v) is 3.55. The van der Waals surface area contributed by atoms with Crippen molar-refractivity contribution in [1.82, 2.24) is 15.5 Å². The van der Waals surface area contributed by atoms with Gasteiger partial charge in [0, 0.05) is 5.54 Å². The van der Waals surface area contributed by atoms with Crippen LogP contribution in [0.5, 0.6) is 0 Å². The molecule has 1 aromatic carbocycles. The molecule has 2 aromatic rings. The second kappa shape index (κ2) is 7.90. The van der Waals surface area contributed by atoms with Gasteiger partial charge in [0.2, 0.25) is 5.89 Å². The molecule has 0 bridgehead atoms. The molecule has 0 unspecified atom stereocenters. The first-order valence-corrected chi connectivity index (χ1v) is 8.91. The summed E-state index contributed by atoms with van der Waals surface area (Å²) in [7, 11) is 0. The van der Waals surface area contributed by atoms with Crippen LogP contribution in [0.25, 0.3) is 0 Å². The molecule has 1 atom stereocenters. The lowest BCUT2D eigenvalue weighted by Crippen LogP contribution is -2.52. The molecule has 0 aliphatic heterocycles. The summed E-state index contributed by atoms with van der Waals surface area (Å²) >= 11 is 0. The van der Waals surface area contributed by atoms with Crippen LogP contribution < -0.4 is 5.32 Å². The van der Waals surface area contributed by atoms with Crippen molar-refractivity contribution in [1.29, 1.82) is 0 Å². The monoisotopic (exact) mass is 329 g/mol. The smallest absolute Gasteiger partial charge is 0.231 e. The number of nitrogens with one attached hydrogen (secondary N) is 1. The predicted molar refractivity (Wildman–Crippen MR) is 92.5 cm³/mol. The Morgan fingerprint density at radius 2 is 1.96 bits per heavy atom. The Morgan fingerprint density at radius 1 is 1.21 bits per heavy atom. The van der Waals surface area contributed by atoms with Gasteiger partial charge in [0.15, 0.2) is 5.82 Å². The summed E-state index contributed by atoms with van der Waals surface area (Å²) in [4.78, 5) is 4.47. The SMILES string of the molecule is C[C@@](CO)(NCc1noc(Cc2ccccc2)n1)C1CCCCC1. The first kappa shape index (κ1) is 17.1. The molecule has 1 aliphatic carbocycles. The predicted octanol–water partition coefficient (Wildman–Crippen LogP) is 3.08. The van der Waals surface area contributed by atoms with Crippen LogP contribution in [-0.4, -0.2) is 27.4 Å². The first-order chi connectivity index (χ1) is 11.7. The van der Waals surface area contributed by atoms with Gasteiger partial charge in [-0.15, -0.1) is 0 Å². The Kier molecular flexibility index (Phi) is 5.63. The van der Waals surface area contributed by atoms with Crippen molar-refractivity contribution in [2.24, 2.45) is 5.92 Å². The van der Waals surface area contributed by atoms with Crippen LogP contribution in [-0.2, 0) is 13.0 Å². The van der Waals surface area contributed by atoms with E-state index in [9.17, 15) is 5.11 Å². The molecular weight excluding hydrogens is 302 g/mol. The highest BCUT2D eigenvalue weighted by molar-refractivity contribution is 5.17. The van der Waals surface area contributed by atoms with Crippen molar-refractivity contribution in [2.75, 3.05) is 6.61 Å². The third-order valence-corrected chi connectivity index (χ3v) is 5.19. The molecular formula is C19H27N3O2. The maximum absolute atomic E-state index is 9.89. The van der Waals surface area contributed by atoms with Crippen molar-refractivity contribution >= 4 is 0 Å². The van der Waals surface area contributed by atoms with E-state index < -0.39 is 0 Å². The van der Waals surface area contributed by atoms with Crippen LogP contribution in [0.1, 0.15) is 56.3 Å². The van der Waals surface area contributed by atoms with Crippen LogP contribution in [0.2, 0.25) is 0 Å². The highest BCUT2D eigenvalue weighted by Crippen LogP contribution is 2.32. The molecule has 1 fully saturated rings. The molecule has 130 valence electrons. The number of hydrogen-bond acceptors (Lipinski definition) is 5. The molecule has 0 spiro atoms. The molecule has 3 rings (SSSR count). The average Bonchev–Trinajstić information content (AvgIpc) is 3.09. The van der Waals surface area contributed by atoms with Gasteiger partial charge in [-0.25, -0.2) is 0 Å². The first-order valence-electron chi connectivity index (χ1n) is 8.91. The minimum absolute atomic E-state index is 0.131. The number of benzene rings is 1. The second-order valence-electron chi connectivity index (χ2n) is 7.03. The van der Waals surface area contributed by atoms with Crippen LogP contribution in [0, 0.1) is 5.92 Å². The van der Waals surface area contributed by atoms with E-state index in [1.165, 1.54) is 32.1 Å². The van der Waals surface area contributed by atoms with Gasteiger partial charge in [0.25, 0.3) is 0 Å². The van der Waals surface area contributed by atoms with Crippen molar-refractivity contribution < 1.29 is 9.63 Å². The van der Waals surface area contributed by atoms with E-state index in [0.717, 1.165) is 5.56 Å². The lowest BCUT2D eigenvalue weighted by molar-refractivity contribution is 0.0928. The second-order valence-corrected chi connectivity index (χ2v) is 7.03. The summed E-state index contributed by atoms with van der Waals surface area (Å²) < 4.78 is 5.35. The molecule has 2 N–H and O–H groups in total. The number of nitrogens with zero attached hydrogens (tertiary/aromatic N) is 2. The topological polar surface area (TPSA) is 71.2 Å². The maximum Gasteiger partial charge on any atom is 0.231 e. The Morgan fingerprint density at radius 3 is 2.67 bits per heavy atom. The maximum atomic E-state index is 9.89. The molecule has 0 amide bonds. The molecule has 1 heterocycles. The Balaban J connectivity index is 1.57. The summed E-state index contributed by atoms with van der Waals surface area (Å²) in [6.45, 7) is 2.76.